The van der Waals surface area contributed by atoms with E-state index in [1.807, 2.05) is 24.3 Å². The van der Waals surface area contributed by atoms with Gasteiger partial charge in [0.25, 0.3) is 0 Å². The number of rotatable bonds is 11. The van der Waals surface area contributed by atoms with Crippen molar-refractivity contribution in [2.45, 2.75) is 39.3 Å². The lowest BCUT2D eigenvalue weighted by molar-refractivity contribution is -0.143. The van der Waals surface area contributed by atoms with Crippen molar-refractivity contribution >= 4 is 17.6 Å². The molecular weight excluding hydrogens is 466 g/mol. The number of tetrazole rings is 1. The van der Waals surface area contributed by atoms with Gasteiger partial charge in [-0.05, 0) is 35.4 Å². The van der Waals surface area contributed by atoms with Crippen molar-refractivity contribution in [2.75, 3.05) is 13.6 Å². The van der Waals surface area contributed by atoms with E-state index in [2.05, 4.69) is 66.7 Å². The molecule has 10 heteroatoms. The van der Waals surface area contributed by atoms with Crippen LogP contribution in [0.2, 0.25) is 5.15 Å². The van der Waals surface area contributed by atoms with Crippen LogP contribution < -0.4 is 5.32 Å². The van der Waals surface area contributed by atoms with Crippen LogP contribution in [0.5, 0.6) is 0 Å². The van der Waals surface area contributed by atoms with Gasteiger partial charge in [-0.15, -0.1) is 10.2 Å². The Hall–Kier alpha value is -3.56. The largest absolute Gasteiger partial charge is 0.458 e. The fraction of sp³-hybridized carbons (Fsp3) is 0.320. The van der Waals surface area contributed by atoms with Gasteiger partial charge in [0, 0.05) is 18.5 Å². The number of unbranched alkanes of at least 4 members (excludes halogenated alkanes) is 1. The topological polar surface area (TPSA) is 111 Å². The molecule has 0 spiro atoms. The third kappa shape index (κ3) is 5.93. The summed E-state index contributed by atoms with van der Waals surface area (Å²) in [6, 6.07) is 16.3. The monoisotopic (exact) mass is 493 g/mol. The van der Waals surface area contributed by atoms with Crippen molar-refractivity contribution in [2.24, 2.45) is 0 Å². The van der Waals surface area contributed by atoms with E-state index in [1.54, 1.807) is 7.05 Å². The van der Waals surface area contributed by atoms with Gasteiger partial charge in [0.05, 0.1) is 12.2 Å². The molecule has 0 bridgehead atoms. The maximum absolute atomic E-state index is 11.9. The summed E-state index contributed by atoms with van der Waals surface area (Å²) in [6.07, 6.45) is 2.85. The highest BCUT2D eigenvalue weighted by Gasteiger charge is 2.18. The van der Waals surface area contributed by atoms with Crippen molar-refractivity contribution in [1.29, 1.82) is 0 Å². The Labute approximate surface area is 208 Å². The lowest BCUT2D eigenvalue weighted by Crippen LogP contribution is -2.21. The highest BCUT2D eigenvalue weighted by molar-refractivity contribution is 6.30. The number of aromatic nitrogens is 6. The first-order valence-corrected chi connectivity index (χ1v) is 11.9. The molecule has 0 aliphatic rings. The van der Waals surface area contributed by atoms with Crippen LogP contribution >= 0.6 is 11.6 Å². The van der Waals surface area contributed by atoms with E-state index >= 15 is 0 Å². The van der Waals surface area contributed by atoms with E-state index in [4.69, 9.17) is 16.3 Å². The zero-order valence-corrected chi connectivity index (χ0v) is 20.5. The summed E-state index contributed by atoms with van der Waals surface area (Å²) in [5.41, 5.74) is 4.76. The smallest absolute Gasteiger partial charge is 0.320 e. The van der Waals surface area contributed by atoms with Gasteiger partial charge in [0.15, 0.2) is 5.15 Å². The van der Waals surface area contributed by atoms with Gasteiger partial charge in [-0.3, -0.25) is 4.79 Å². The molecule has 9 nitrogen and oxygen atoms in total. The number of esters is 1. The fourth-order valence-electron chi connectivity index (χ4n) is 3.88. The molecule has 0 saturated carbocycles. The van der Waals surface area contributed by atoms with Gasteiger partial charge in [-0.1, -0.05) is 73.5 Å². The Morgan fingerprint density at radius 2 is 1.91 bits per heavy atom. The summed E-state index contributed by atoms with van der Waals surface area (Å²) in [5.74, 6) is 1.11. The van der Waals surface area contributed by atoms with Gasteiger partial charge < -0.3 is 14.6 Å². The molecule has 0 unspecified atom stereocenters. The standard InChI is InChI=1S/C25H28ClN7O2/c1-3-4-9-22-28-24(26)21(16-35-23(34)14-27-2)33(22)15-17-10-12-18(13-11-17)19-7-5-6-8-20(19)25-29-31-32-30-25/h5-8,10-13,27H,3-4,9,14-16H2,1-2H3,(H,29,30,31,32). The zero-order chi connectivity index (χ0) is 24.6. The first-order valence-electron chi connectivity index (χ1n) is 11.6. The minimum absolute atomic E-state index is 0.0780. The van der Waals surface area contributed by atoms with E-state index < -0.39 is 0 Å². The first kappa shape index (κ1) is 24.6. The summed E-state index contributed by atoms with van der Waals surface area (Å²) in [4.78, 5) is 16.5. The maximum atomic E-state index is 11.9. The Morgan fingerprint density at radius 1 is 1.14 bits per heavy atom. The second kappa shape index (κ2) is 11.7. The Bertz CT molecular complexity index is 1250. The number of imidazole rings is 1. The molecule has 0 aliphatic carbocycles. The molecule has 182 valence electrons. The Balaban J connectivity index is 1.59. The van der Waals surface area contributed by atoms with Crippen molar-refractivity contribution in [1.82, 2.24) is 35.5 Å². The summed E-state index contributed by atoms with van der Waals surface area (Å²) in [6.45, 7) is 2.93. The summed E-state index contributed by atoms with van der Waals surface area (Å²) in [7, 11) is 1.70. The first-order chi connectivity index (χ1) is 17.1. The second-order valence-electron chi connectivity index (χ2n) is 8.12. The minimum atomic E-state index is -0.337. The number of halogens is 1. The van der Waals surface area contributed by atoms with Gasteiger partial charge >= 0.3 is 5.97 Å². The quantitative estimate of drug-likeness (QED) is 0.303. The number of nitrogens with zero attached hydrogens (tertiary/aromatic N) is 5. The Morgan fingerprint density at radius 3 is 2.60 bits per heavy atom. The summed E-state index contributed by atoms with van der Waals surface area (Å²) < 4.78 is 7.47. The van der Waals surface area contributed by atoms with E-state index in [0.29, 0.717) is 23.2 Å². The Kier molecular flexibility index (Phi) is 8.23. The number of carbonyl (C=O) groups is 1. The molecule has 4 aromatic rings. The summed E-state index contributed by atoms with van der Waals surface area (Å²) in [5, 5.41) is 17.6. The van der Waals surface area contributed by atoms with E-state index in [0.717, 1.165) is 47.3 Å². The van der Waals surface area contributed by atoms with Gasteiger partial charge in [-0.2, -0.15) is 5.21 Å². The lowest BCUT2D eigenvalue weighted by atomic mass is 9.98. The lowest BCUT2D eigenvalue weighted by Gasteiger charge is -2.14. The molecule has 2 N–H and O–H groups in total. The molecule has 0 saturated heterocycles. The molecule has 0 atom stereocenters. The number of hydrogen-bond acceptors (Lipinski definition) is 7. The van der Waals surface area contributed by atoms with Crippen LogP contribution in [0.25, 0.3) is 22.5 Å². The van der Waals surface area contributed by atoms with E-state index in [1.165, 1.54) is 0 Å². The average Bonchev–Trinajstić information content (AvgIpc) is 3.51. The number of nitrogens with one attached hydrogen (secondary N) is 2. The van der Waals surface area contributed by atoms with Gasteiger partial charge in [-0.25, -0.2) is 4.98 Å². The van der Waals surface area contributed by atoms with Crippen LogP contribution in [0.15, 0.2) is 48.5 Å². The van der Waals surface area contributed by atoms with Gasteiger partial charge in [0.2, 0.25) is 5.82 Å². The number of aromatic amines is 1. The van der Waals surface area contributed by atoms with Crippen molar-refractivity contribution in [3.8, 4) is 22.5 Å². The average molecular weight is 494 g/mol. The van der Waals surface area contributed by atoms with E-state index in [-0.39, 0.29) is 19.1 Å². The number of likely N-dealkylation sites (N-methyl/N-ethyl adjacent to an activating group) is 1. The molecular formula is C25H28ClN7O2. The zero-order valence-electron chi connectivity index (χ0n) is 19.8. The molecule has 0 radical (unpaired) electrons. The van der Waals surface area contributed by atoms with Crippen LogP contribution in [-0.2, 0) is 29.1 Å². The molecule has 2 aromatic carbocycles. The fourth-order valence-corrected chi connectivity index (χ4v) is 4.13. The second-order valence-corrected chi connectivity index (χ2v) is 8.48. The molecule has 0 aliphatic heterocycles. The van der Waals surface area contributed by atoms with Gasteiger partial charge in [0.1, 0.15) is 12.4 Å². The molecule has 0 amide bonds. The predicted octanol–water partition coefficient (Wildman–Crippen LogP) is 4.04. The molecule has 35 heavy (non-hydrogen) atoms. The van der Waals surface area contributed by atoms with E-state index in [9.17, 15) is 4.79 Å². The van der Waals surface area contributed by atoms with Crippen molar-refractivity contribution in [3.63, 3.8) is 0 Å². The van der Waals surface area contributed by atoms with Crippen molar-refractivity contribution < 1.29 is 9.53 Å². The SMILES string of the molecule is CCCCc1nc(Cl)c(COC(=O)CNC)n1Cc1ccc(-c2ccccc2-c2nn[nH]n2)cc1. The number of aryl methyl sites for hydroxylation is 1. The molecule has 4 rings (SSSR count). The number of ether oxygens (including phenoxy) is 1. The van der Waals surface area contributed by atoms with Crippen molar-refractivity contribution in [3.05, 3.63) is 70.8 Å². The third-order valence-electron chi connectivity index (χ3n) is 5.67. The van der Waals surface area contributed by atoms with Crippen LogP contribution in [-0.4, -0.2) is 49.7 Å². The highest BCUT2D eigenvalue weighted by Crippen LogP contribution is 2.30. The van der Waals surface area contributed by atoms with Crippen LogP contribution in [0, 0.1) is 0 Å². The number of benzene rings is 2. The molecule has 2 heterocycles. The maximum Gasteiger partial charge on any atom is 0.320 e. The molecule has 2 aromatic heterocycles. The van der Waals surface area contributed by atoms with Crippen LogP contribution in [0.4, 0.5) is 0 Å². The number of hydrogen-bond donors (Lipinski definition) is 2. The summed E-state index contributed by atoms with van der Waals surface area (Å²) >= 11 is 6.47. The number of H-pyrrole nitrogens is 1. The highest BCUT2D eigenvalue weighted by atomic mass is 35.5. The normalized spacial score (nSPS) is 11.1. The van der Waals surface area contributed by atoms with Crippen LogP contribution in [0.1, 0.15) is 36.8 Å². The number of carbonyl (C=O) groups excluding carboxylic acids is 1. The molecule has 0 fully saturated rings. The van der Waals surface area contributed by atoms with Crippen LogP contribution in [0.3, 0.4) is 0 Å². The third-order valence-corrected chi connectivity index (χ3v) is 5.97. The minimum Gasteiger partial charge on any atom is -0.458 e. The predicted molar refractivity (Wildman–Crippen MR) is 134 cm³/mol.